The van der Waals surface area contributed by atoms with Crippen molar-refractivity contribution >= 4 is 12.1 Å². The highest BCUT2D eigenvalue weighted by molar-refractivity contribution is 5.75. The van der Waals surface area contributed by atoms with Crippen molar-refractivity contribution in [2.75, 3.05) is 13.7 Å². The van der Waals surface area contributed by atoms with Crippen LogP contribution in [0.15, 0.2) is 0 Å². The molecule has 0 saturated carbocycles. The lowest BCUT2D eigenvalue weighted by atomic mass is 10.2. The van der Waals surface area contributed by atoms with Crippen LogP contribution in [0.1, 0.15) is 20.8 Å². The Morgan fingerprint density at radius 3 is 2.24 bits per heavy atom. The molecule has 7 nitrogen and oxygen atoms in total. The van der Waals surface area contributed by atoms with E-state index >= 15 is 0 Å². The first-order valence-electron chi connectivity index (χ1n) is 5.08. The van der Waals surface area contributed by atoms with Crippen molar-refractivity contribution in [2.24, 2.45) is 0 Å². The van der Waals surface area contributed by atoms with Crippen LogP contribution in [-0.2, 0) is 14.3 Å². The molecular formula is C10H19NO6. The Labute approximate surface area is 99.7 Å². The van der Waals surface area contributed by atoms with Gasteiger partial charge in [-0.3, -0.25) is 0 Å². The summed E-state index contributed by atoms with van der Waals surface area (Å²) in [7, 11) is 1.08. The number of aliphatic hydroxyl groups excluding tert-OH is 2. The minimum atomic E-state index is -1.70. The number of hydrogen-bond acceptors (Lipinski definition) is 6. The van der Waals surface area contributed by atoms with Crippen molar-refractivity contribution in [3.63, 3.8) is 0 Å². The Hall–Kier alpha value is -1.34. The summed E-state index contributed by atoms with van der Waals surface area (Å²) in [5.41, 5.74) is -0.657. The van der Waals surface area contributed by atoms with Crippen LogP contribution in [-0.4, -0.2) is 53.7 Å². The first kappa shape index (κ1) is 15.7. The average Bonchev–Trinajstić information content (AvgIpc) is 2.21. The number of amides is 1. The molecule has 0 aliphatic heterocycles. The third-order valence-corrected chi connectivity index (χ3v) is 1.66. The Morgan fingerprint density at radius 1 is 1.29 bits per heavy atom. The van der Waals surface area contributed by atoms with Gasteiger partial charge in [-0.05, 0) is 20.8 Å². The van der Waals surface area contributed by atoms with Crippen LogP contribution in [0.2, 0.25) is 0 Å². The van der Waals surface area contributed by atoms with E-state index in [1.165, 1.54) is 0 Å². The molecule has 0 spiro atoms. The smallest absolute Gasteiger partial charge is 0.407 e. The second-order valence-corrected chi connectivity index (χ2v) is 4.42. The molecule has 2 unspecified atom stereocenters. The van der Waals surface area contributed by atoms with Gasteiger partial charge >= 0.3 is 12.1 Å². The van der Waals surface area contributed by atoms with Crippen LogP contribution in [0.3, 0.4) is 0 Å². The fraction of sp³-hybridized carbons (Fsp3) is 0.800. The maximum atomic E-state index is 11.2. The summed E-state index contributed by atoms with van der Waals surface area (Å²) in [6, 6.07) is 0. The Bertz CT molecular complexity index is 272. The summed E-state index contributed by atoms with van der Waals surface area (Å²) in [6.45, 7) is 4.75. The fourth-order valence-electron chi connectivity index (χ4n) is 0.892. The van der Waals surface area contributed by atoms with Crippen LogP contribution in [0.25, 0.3) is 0 Å². The van der Waals surface area contributed by atoms with Crippen molar-refractivity contribution < 1.29 is 29.3 Å². The van der Waals surface area contributed by atoms with E-state index in [9.17, 15) is 19.8 Å². The number of alkyl carbamates (subject to hydrolysis) is 1. The standard InChI is InChI=1S/C10H19NO6/c1-10(2,3)17-9(15)11-5-6(12)7(13)8(14)16-4/h6-7,12-13H,5H2,1-4H3,(H,11,15). The van der Waals surface area contributed by atoms with E-state index in [0.717, 1.165) is 7.11 Å². The Morgan fingerprint density at radius 2 is 1.82 bits per heavy atom. The Balaban J connectivity index is 4.04. The zero-order chi connectivity index (χ0) is 13.6. The van der Waals surface area contributed by atoms with Gasteiger partial charge < -0.3 is 25.0 Å². The molecule has 0 aromatic rings. The maximum Gasteiger partial charge on any atom is 0.407 e. The zero-order valence-corrected chi connectivity index (χ0v) is 10.4. The predicted molar refractivity (Wildman–Crippen MR) is 58.3 cm³/mol. The number of esters is 1. The average molecular weight is 249 g/mol. The second kappa shape index (κ2) is 6.41. The van der Waals surface area contributed by atoms with Crippen LogP contribution in [0.5, 0.6) is 0 Å². The van der Waals surface area contributed by atoms with Crippen molar-refractivity contribution in [3.8, 4) is 0 Å². The minimum Gasteiger partial charge on any atom is -0.467 e. The number of carbonyl (C=O) groups is 2. The highest BCUT2D eigenvalue weighted by atomic mass is 16.6. The van der Waals surface area contributed by atoms with Gasteiger partial charge in [-0.2, -0.15) is 0 Å². The fourth-order valence-corrected chi connectivity index (χ4v) is 0.892. The topological polar surface area (TPSA) is 105 Å². The molecule has 7 heteroatoms. The minimum absolute atomic E-state index is 0.314. The van der Waals surface area contributed by atoms with Gasteiger partial charge in [-0.1, -0.05) is 0 Å². The molecule has 0 rings (SSSR count). The number of hydrogen-bond donors (Lipinski definition) is 3. The predicted octanol–water partition coefficient (Wildman–Crippen LogP) is -0.594. The van der Waals surface area contributed by atoms with Crippen molar-refractivity contribution in [3.05, 3.63) is 0 Å². The van der Waals surface area contributed by atoms with Gasteiger partial charge in [0.2, 0.25) is 0 Å². The van der Waals surface area contributed by atoms with E-state index < -0.39 is 29.9 Å². The molecule has 3 N–H and O–H groups in total. The lowest BCUT2D eigenvalue weighted by Gasteiger charge is -2.21. The largest absolute Gasteiger partial charge is 0.467 e. The van der Waals surface area contributed by atoms with E-state index in [-0.39, 0.29) is 6.54 Å². The lowest BCUT2D eigenvalue weighted by molar-refractivity contribution is -0.156. The molecule has 2 atom stereocenters. The van der Waals surface area contributed by atoms with Gasteiger partial charge in [0.05, 0.1) is 7.11 Å². The van der Waals surface area contributed by atoms with Gasteiger partial charge in [0.15, 0.2) is 6.10 Å². The number of methoxy groups -OCH3 is 1. The summed E-state index contributed by atoms with van der Waals surface area (Å²) in [5.74, 6) is -0.969. The third kappa shape index (κ3) is 6.75. The molecule has 0 aliphatic rings. The number of nitrogens with one attached hydrogen (secondary N) is 1. The number of rotatable bonds is 4. The number of ether oxygens (including phenoxy) is 2. The summed E-state index contributed by atoms with van der Waals surface area (Å²) in [4.78, 5) is 22.0. The molecule has 100 valence electrons. The molecule has 0 aliphatic carbocycles. The van der Waals surface area contributed by atoms with Crippen molar-refractivity contribution in [1.82, 2.24) is 5.32 Å². The monoisotopic (exact) mass is 249 g/mol. The van der Waals surface area contributed by atoms with E-state index in [4.69, 9.17) is 4.74 Å². The lowest BCUT2D eigenvalue weighted by Crippen LogP contribution is -2.44. The normalized spacial score (nSPS) is 14.7. The summed E-state index contributed by atoms with van der Waals surface area (Å²) in [6.07, 6.45) is -3.89. The summed E-state index contributed by atoms with van der Waals surface area (Å²) < 4.78 is 9.12. The molecule has 17 heavy (non-hydrogen) atoms. The maximum absolute atomic E-state index is 11.2. The van der Waals surface area contributed by atoms with Gasteiger partial charge in [0.25, 0.3) is 0 Å². The molecule has 0 saturated heterocycles. The second-order valence-electron chi connectivity index (χ2n) is 4.42. The highest BCUT2D eigenvalue weighted by Gasteiger charge is 2.26. The van der Waals surface area contributed by atoms with Crippen LogP contribution < -0.4 is 5.32 Å². The Kier molecular flexibility index (Phi) is 5.90. The molecule has 0 fully saturated rings. The van der Waals surface area contributed by atoms with Gasteiger partial charge in [-0.25, -0.2) is 9.59 Å². The quantitative estimate of drug-likeness (QED) is 0.575. The SMILES string of the molecule is COC(=O)C(O)C(O)CNC(=O)OC(C)(C)C. The molecule has 0 aromatic carbocycles. The summed E-state index contributed by atoms with van der Waals surface area (Å²) >= 11 is 0. The molecular weight excluding hydrogens is 230 g/mol. The molecule has 1 amide bonds. The van der Waals surface area contributed by atoms with Crippen molar-refractivity contribution in [1.29, 1.82) is 0 Å². The van der Waals surface area contributed by atoms with Crippen molar-refractivity contribution in [2.45, 2.75) is 38.6 Å². The number of carbonyl (C=O) groups excluding carboxylic acids is 2. The number of aliphatic hydroxyl groups is 2. The van der Waals surface area contributed by atoms with Crippen LogP contribution in [0.4, 0.5) is 4.79 Å². The van der Waals surface area contributed by atoms with Crippen LogP contribution >= 0.6 is 0 Å². The first-order valence-corrected chi connectivity index (χ1v) is 5.08. The molecule has 0 bridgehead atoms. The van der Waals surface area contributed by atoms with Crippen LogP contribution in [0, 0.1) is 0 Å². The van der Waals surface area contributed by atoms with E-state index in [2.05, 4.69) is 10.1 Å². The van der Waals surface area contributed by atoms with E-state index in [1.807, 2.05) is 0 Å². The highest BCUT2D eigenvalue weighted by Crippen LogP contribution is 2.06. The van der Waals surface area contributed by atoms with Gasteiger partial charge in [0, 0.05) is 6.54 Å². The molecule has 0 aromatic heterocycles. The zero-order valence-electron chi connectivity index (χ0n) is 10.4. The molecule has 0 heterocycles. The third-order valence-electron chi connectivity index (χ3n) is 1.66. The van der Waals surface area contributed by atoms with E-state index in [0.29, 0.717) is 0 Å². The van der Waals surface area contributed by atoms with Gasteiger partial charge in [-0.15, -0.1) is 0 Å². The first-order chi connectivity index (χ1) is 7.67. The van der Waals surface area contributed by atoms with E-state index in [1.54, 1.807) is 20.8 Å². The summed E-state index contributed by atoms with van der Waals surface area (Å²) in [5, 5.41) is 20.8. The van der Waals surface area contributed by atoms with Gasteiger partial charge in [0.1, 0.15) is 11.7 Å². The molecule has 0 radical (unpaired) electrons.